The lowest BCUT2D eigenvalue weighted by Crippen LogP contribution is -2.46. The molecule has 30 heavy (non-hydrogen) atoms. The molecular formula is C27H26N2O. The average molecular weight is 395 g/mol. The van der Waals surface area contributed by atoms with Crippen molar-refractivity contribution in [1.82, 2.24) is 4.90 Å². The molecule has 0 aromatic heterocycles. The highest BCUT2D eigenvalue weighted by Crippen LogP contribution is 2.30. The fourth-order valence-corrected chi connectivity index (χ4v) is 4.57. The second-order valence-corrected chi connectivity index (χ2v) is 8.16. The number of nitrogens with zero attached hydrogens (tertiary/aromatic N) is 2. The van der Waals surface area contributed by atoms with Crippen LogP contribution in [0.2, 0.25) is 0 Å². The summed E-state index contributed by atoms with van der Waals surface area (Å²) < 4.78 is 0. The van der Waals surface area contributed by atoms with Crippen LogP contribution in [0.4, 0.5) is 5.69 Å². The van der Waals surface area contributed by atoms with Crippen LogP contribution in [0.15, 0.2) is 78.9 Å². The first-order valence-corrected chi connectivity index (χ1v) is 10.7. The minimum absolute atomic E-state index is 0.119. The molecule has 0 amide bonds. The molecule has 0 spiro atoms. The summed E-state index contributed by atoms with van der Waals surface area (Å²) in [6, 6.07) is 27.8. The van der Waals surface area contributed by atoms with Crippen LogP contribution in [0.5, 0.6) is 0 Å². The number of anilines is 1. The van der Waals surface area contributed by atoms with Gasteiger partial charge < -0.3 is 4.90 Å². The number of benzene rings is 4. The van der Waals surface area contributed by atoms with Crippen LogP contribution in [0, 0.1) is 0 Å². The second-order valence-electron chi connectivity index (χ2n) is 8.16. The van der Waals surface area contributed by atoms with Gasteiger partial charge in [-0.3, -0.25) is 9.69 Å². The number of hydrogen-bond acceptors (Lipinski definition) is 3. The van der Waals surface area contributed by atoms with E-state index < -0.39 is 0 Å². The molecule has 0 N–H and O–H groups in total. The van der Waals surface area contributed by atoms with Crippen molar-refractivity contribution in [3.63, 3.8) is 0 Å². The number of Topliss-reactive ketones (excluding diaryl/α,β-unsaturated/α-hetero) is 1. The van der Waals surface area contributed by atoms with Gasteiger partial charge in [0.2, 0.25) is 0 Å². The second kappa shape index (κ2) is 7.92. The van der Waals surface area contributed by atoms with Crippen molar-refractivity contribution in [3.8, 4) is 0 Å². The molecule has 1 saturated heterocycles. The van der Waals surface area contributed by atoms with E-state index in [1.165, 1.54) is 32.8 Å². The fraction of sp³-hybridized carbons (Fsp3) is 0.222. The molecule has 1 heterocycles. The Morgan fingerprint density at radius 3 is 1.90 bits per heavy atom. The molecule has 1 aliphatic rings. The topological polar surface area (TPSA) is 23.6 Å². The van der Waals surface area contributed by atoms with Crippen LogP contribution in [-0.2, 0) is 6.54 Å². The third-order valence-corrected chi connectivity index (χ3v) is 6.28. The minimum Gasteiger partial charge on any atom is -0.369 e. The number of fused-ring (bicyclic) bond motifs is 2. The number of rotatable bonds is 4. The van der Waals surface area contributed by atoms with Gasteiger partial charge >= 0.3 is 0 Å². The predicted molar refractivity (Wildman–Crippen MR) is 125 cm³/mol. The van der Waals surface area contributed by atoms with E-state index in [1.807, 2.05) is 12.1 Å². The van der Waals surface area contributed by atoms with Gasteiger partial charge in [0.05, 0.1) is 0 Å². The van der Waals surface area contributed by atoms with E-state index >= 15 is 0 Å². The number of piperazine rings is 1. The summed E-state index contributed by atoms with van der Waals surface area (Å²) >= 11 is 0. The Morgan fingerprint density at radius 1 is 0.767 bits per heavy atom. The van der Waals surface area contributed by atoms with E-state index in [4.69, 9.17) is 0 Å². The van der Waals surface area contributed by atoms with Gasteiger partial charge in [0, 0.05) is 44.0 Å². The third kappa shape index (κ3) is 3.57. The minimum atomic E-state index is 0.119. The molecule has 150 valence electrons. The highest BCUT2D eigenvalue weighted by Gasteiger charge is 2.19. The maximum atomic E-state index is 11.5. The van der Waals surface area contributed by atoms with Crippen molar-refractivity contribution < 1.29 is 4.79 Å². The lowest BCUT2D eigenvalue weighted by molar-refractivity contribution is 0.101. The average Bonchev–Trinajstić information content (AvgIpc) is 2.79. The third-order valence-electron chi connectivity index (χ3n) is 6.28. The highest BCUT2D eigenvalue weighted by molar-refractivity contribution is 6.02. The predicted octanol–water partition coefficient (Wildman–Crippen LogP) is 5.52. The molecule has 0 aliphatic carbocycles. The van der Waals surface area contributed by atoms with E-state index in [9.17, 15) is 4.79 Å². The Balaban J connectivity index is 1.36. The van der Waals surface area contributed by atoms with Crippen molar-refractivity contribution in [3.05, 3.63) is 90.0 Å². The summed E-state index contributed by atoms with van der Waals surface area (Å²) in [5.41, 5.74) is 3.42. The monoisotopic (exact) mass is 394 g/mol. The molecule has 1 fully saturated rings. The van der Waals surface area contributed by atoms with Gasteiger partial charge in [-0.05, 0) is 64.4 Å². The fourth-order valence-electron chi connectivity index (χ4n) is 4.57. The maximum Gasteiger partial charge on any atom is 0.159 e. The Morgan fingerprint density at radius 2 is 1.33 bits per heavy atom. The smallest absolute Gasteiger partial charge is 0.159 e. The van der Waals surface area contributed by atoms with E-state index in [0.29, 0.717) is 0 Å². The van der Waals surface area contributed by atoms with Crippen molar-refractivity contribution in [1.29, 1.82) is 0 Å². The largest absolute Gasteiger partial charge is 0.369 e. The van der Waals surface area contributed by atoms with Gasteiger partial charge in [-0.1, -0.05) is 48.5 Å². The molecule has 0 radical (unpaired) electrons. The van der Waals surface area contributed by atoms with Crippen molar-refractivity contribution in [2.45, 2.75) is 13.5 Å². The maximum absolute atomic E-state index is 11.5. The molecule has 0 bridgehead atoms. The van der Waals surface area contributed by atoms with Crippen LogP contribution >= 0.6 is 0 Å². The van der Waals surface area contributed by atoms with E-state index in [1.54, 1.807) is 6.92 Å². The zero-order valence-electron chi connectivity index (χ0n) is 17.3. The zero-order valence-corrected chi connectivity index (χ0v) is 17.3. The Hall–Kier alpha value is -3.17. The van der Waals surface area contributed by atoms with Gasteiger partial charge in [-0.25, -0.2) is 0 Å². The van der Waals surface area contributed by atoms with Crippen LogP contribution in [0.3, 0.4) is 0 Å². The highest BCUT2D eigenvalue weighted by atomic mass is 16.1. The normalized spacial score (nSPS) is 15.0. The van der Waals surface area contributed by atoms with E-state index in [-0.39, 0.29) is 5.78 Å². The Kier molecular flexibility index (Phi) is 4.97. The summed E-state index contributed by atoms with van der Waals surface area (Å²) in [6.07, 6.45) is 0. The summed E-state index contributed by atoms with van der Waals surface area (Å²) in [7, 11) is 0. The van der Waals surface area contributed by atoms with Crippen LogP contribution in [0.25, 0.3) is 21.5 Å². The molecular weight excluding hydrogens is 368 g/mol. The van der Waals surface area contributed by atoms with Gasteiger partial charge in [-0.2, -0.15) is 0 Å². The van der Waals surface area contributed by atoms with Crippen molar-refractivity contribution in [2.24, 2.45) is 0 Å². The molecule has 0 unspecified atom stereocenters. The van der Waals surface area contributed by atoms with Crippen molar-refractivity contribution in [2.75, 3.05) is 31.1 Å². The van der Waals surface area contributed by atoms with Crippen LogP contribution in [0.1, 0.15) is 22.8 Å². The molecule has 0 atom stereocenters. The standard InChI is InChI=1S/C27H26N2O/c1-20(30)21-10-12-24(13-11-21)29-16-14-28(15-17-29)19-27-25-8-4-2-6-22(25)18-23-7-3-5-9-26(23)27/h2-13,18H,14-17,19H2,1H3. The SMILES string of the molecule is CC(=O)c1ccc(N2CCN(Cc3c4ccccc4cc4ccccc34)CC2)cc1. The van der Waals surface area contributed by atoms with Gasteiger partial charge in [-0.15, -0.1) is 0 Å². The first-order valence-electron chi connectivity index (χ1n) is 10.7. The van der Waals surface area contributed by atoms with Gasteiger partial charge in [0.25, 0.3) is 0 Å². The summed E-state index contributed by atoms with van der Waals surface area (Å²) in [5, 5.41) is 5.35. The molecule has 1 aliphatic heterocycles. The molecule has 4 aromatic carbocycles. The lowest BCUT2D eigenvalue weighted by atomic mass is 9.96. The molecule has 3 nitrogen and oxygen atoms in total. The number of carbonyl (C=O) groups excluding carboxylic acids is 1. The molecule has 3 heteroatoms. The number of ketones is 1. The van der Waals surface area contributed by atoms with Crippen molar-refractivity contribution >= 4 is 33.0 Å². The first kappa shape index (κ1) is 18.8. The molecule has 4 aromatic rings. The first-order chi connectivity index (χ1) is 14.7. The van der Waals surface area contributed by atoms with Crippen LogP contribution < -0.4 is 4.90 Å². The summed E-state index contributed by atoms with van der Waals surface area (Å²) in [4.78, 5) is 16.5. The zero-order chi connectivity index (χ0) is 20.5. The summed E-state index contributed by atoms with van der Waals surface area (Å²) in [6.45, 7) is 6.66. The van der Waals surface area contributed by atoms with Gasteiger partial charge in [0.1, 0.15) is 0 Å². The molecule has 0 saturated carbocycles. The van der Waals surface area contributed by atoms with Gasteiger partial charge in [0.15, 0.2) is 5.78 Å². The Labute approximate surface area is 177 Å². The molecule has 5 rings (SSSR count). The Bertz CT molecular complexity index is 1150. The summed E-state index contributed by atoms with van der Waals surface area (Å²) in [5.74, 6) is 0.119. The van der Waals surface area contributed by atoms with E-state index in [2.05, 4.69) is 76.5 Å². The van der Waals surface area contributed by atoms with E-state index in [0.717, 1.165) is 38.3 Å². The lowest BCUT2D eigenvalue weighted by Gasteiger charge is -2.36. The number of carbonyl (C=O) groups is 1. The van der Waals surface area contributed by atoms with Crippen LogP contribution in [-0.4, -0.2) is 36.9 Å². The quantitative estimate of drug-likeness (QED) is 0.336. The number of hydrogen-bond donors (Lipinski definition) is 0.